The number of benzene rings is 2. The van der Waals surface area contributed by atoms with Gasteiger partial charge in [-0.25, -0.2) is 9.78 Å². The van der Waals surface area contributed by atoms with E-state index in [0.29, 0.717) is 31.5 Å². The third-order valence-corrected chi connectivity index (χ3v) is 5.62. The summed E-state index contributed by atoms with van der Waals surface area (Å²) >= 11 is 13.3. The first-order chi connectivity index (χ1) is 15.0. The van der Waals surface area contributed by atoms with Gasteiger partial charge in [-0.3, -0.25) is 4.98 Å². The maximum atomic E-state index is 12.3. The van der Waals surface area contributed by atoms with Gasteiger partial charge in [0.2, 0.25) is 5.75 Å². The third-order valence-electron chi connectivity index (χ3n) is 4.17. The van der Waals surface area contributed by atoms with Crippen LogP contribution in [0.5, 0.6) is 11.6 Å². The van der Waals surface area contributed by atoms with Crippen molar-refractivity contribution in [3.8, 4) is 11.6 Å². The second-order valence-corrected chi connectivity index (χ2v) is 8.34. The molecule has 0 aliphatic carbocycles. The van der Waals surface area contributed by atoms with E-state index in [4.69, 9.17) is 27.9 Å². The molecule has 9 heteroatoms. The molecule has 0 atom stereocenters. The summed E-state index contributed by atoms with van der Waals surface area (Å²) in [5.74, 6) is -0.541. The summed E-state index contributed by atoms with van der Waals surface area (Å²) in [4.78, 5) is 21.9. The lowest BCUT2D eigenvalue weighted by molar-refractivity contribution is 0.196. The fourth-order valence-electron chi connectivity index (χ4n) is 2.83. The number of amides is 1. The van der Waals surface area contributed by atoms with E-state index >= 15 is 0 Å². The zero-order chi connectivity index (χ0) is 21.8. The summed E-state index contributed by atoms with van der Waals surface area (Å²) in [6, 6.07) is 18.1. The first-order valence-electron chi connectivity index (χ1n) is 9.11. The van der Waals surface area contributed by atoms with Gasteiger partial charge in [-0.2, -0.15) is 0 Å². The van der Waals surface area contributed by atoms with Crippen LogP contribution >= 0.6 is 35.0 Å². The number of aromatic nitrogens is 2. The number of pyridine rings is 2. The van der Waals surface area contributed by atoms with Crippen LogP contribution in [-0.2, 0) is 6.54 Å². The molecule has 156 valence electrons. The molecule has 0 unspecified atom stereocenters. The van der Waals surface area contributed by atoms with Crippen LogP contribution in [0.4, 0.5) is 4.79 Å². The number of nitrogens with zero attached hydrogens (tertiary/aromatic N) is 2. The predicted molar refractivity (Wildman–Crippen MR) is 121 cm³/mol. The minimum atomic E-state index is -0.787. The number of fused-ring (bicyclic) bond motifs is 1. The number of carbonyl (C=O) groups is 1. The van der Waals surface area contributed by atoms with Gasteiger partial charge >= 0.3 is 6.09 Å². The molecular weight excluding hydrogens is 457 g/mol. The molecule has 1 amide bonds. The Morgan fingerprint density at radius 3 is 2.55 bits per heavy atom. The molecule has 31 heavy (non-hydrogen) atoms. The van der Waals surface area contributed by atoms with Crippen molar-refractivity contribution in [1.29, 1.82) is 0 Å². The monoisotopic (exact) mass is 471 g/mol. The Hall–Kier alpha value is -3.00. The highest BCUT2D eigenvalue weighted by Gasteiger charge is 2.19. The molecule has 0 aliphatic heterocycles. The highest BCUT2D eigenvalue weighted by Crippen LogP contribution is 2.39. The molecule has 0 fully saturated rings. The molecule has 6 nitrogen and oxygen atoms in total. The lowest BCUT2D eigenvalue weighted by Crippen LogP contribution is -2.26. The predicted octanol–water partition coefficient (Wildman–Crippen LogP) is 6.08. The van der Waals surface area contributed by atoms with Crippen LogP contribution in [0.1, 0.15) is 5.56 Å². The Bertz CT molecular complexity index is 1240. The Morgan fingerprint density at radius 1 is 1.06 bits per heavy atom. The Kier molecular flexibility index (Phi) is 6.46. The molecule has 2 aromatic carbocycles. The summed E-state index contributed by atoms with van der Waals surface area (Å²) in [6.07, 6.45) is 0.760. The highest BCUT2D eigenvalue weighted by molar-refractivity contribution is 7.99. The van der Waals surface area contributed by atoms with E-state index < -0.39 is 6.09 Å². The SMILES string of the molecule is O=C(NCc1cc(Cl)cc(Cl)c1)Oc1nc(Sc2ccccc2)c2cccnc2c1O. The van der Waals surface area contributed by atoms with Gasteiger partial charge in [0.15, 0.2) is 0 Å². The van der Waals surface area contributed by atoms with Crippen LogP contribution in [0.25, 0.3) is 10.9 Å². The fraction of sp³-hybridized carbons (Fsp3) is 0.0455. The van der Waals surface area contributed by atoms with E-state index in [9.17, 15) is 9.90 Å². The summed E-state index contributed by atoms with van der Waals surface area (Å²) in [5, 5.41) is 15.3. The van der Waals surface area contributed by atoms with Crippen LogP contribution in [0.2, 0.25) is 10.0 Å². The van der Waals surface area contributed by atoms with Crippen molar-refractivity contribution in [2.24, 2.45) is 0 Å². The van der Waals surface area contributed by atoms with E-state index in [2.05, 4.69) is 15.3 Å². The summed E-state index contributed by atoms with van der Waals surface area (Å²) in [5.41, 5.74) is 0.993. The molecule has 0 saturated heterocycles. The van der Waals surface area contributed by atoms with Gasteiger partial charge in [0.25, 0.3) is 5.88 Å². The number of rotatable bonds is 5. The number of hydrogen-bond acceptors (Lipinski definition) is 6. The van der Waals surface area contributed by atoms with Gasteiger partial charge in [-0.15, -0.1) is 0 Å². The van der Waals surface area contributed by atoms with Gasteiger partial charge in [0.1, 0.15) is 10.5 Å². The largest absolute Gasteiger partial charge is 0.502 e. The minimum absolute atomic E-state index is 0.136. The molecule has 4 aromatic rings. The molecule has 0 radical (unpaired) electrons. The highest BCUT2D eigenvalue weighted by atomic mass is 35.5. The van der Waals surface area contributed by atoms with Crippen molar-refractivity contribution < 1.29 is 14.6 Å². The van der Waals surface area contributed by atoms with Gasteiger partial charge < -0.3 is 15.2 Å². The Morgan fingerprint density at radius 2 is 1.81 bits per heavy atom. The lowest BCUT2D eigenvalue weighted by Gasteiger charge is -2.12. The van der Waals surface area contributed by atoms with Crippen LogP contribution in [0.15, 0.2) is 76.8 Å². The van der Waals surface area contributed by atoms with Gasteiger partial charge in [0.05, 0.1) is 0 Å². The van der Waals surface area contributed by atoms with Crippen molar-refractivity contribution in [3.05, 3.63) is 82.5 Å². The maximum absolute atomic E-state index is 12.3. The molecule has 0 aliphatic rings. The molecule has 0 spiro atoms. The molecule has 0 bridgehead atoms. The average molecular weight is 472 g/mol. The van der Waals surface area contributed by atoms with E-state index in [-0.39, 0.29) is 18.2 Å². The average Bonchev–Trinajstić information content (AvgIpc) is 2.76. The Labute approximate surface area is 192 Å². The minimum Gasteiger partial charge on any atom is -0.502 e. The number of halogens is 2. The van der Waals surface area contributed by atoms with E-state index in [1.165, 1.54) is 11.8 Å². The topological polar surface area (TPSA) is 84.3 Å². The van der Waals surface area contributed by atoms with Gasteiger partial charge in [-0.1, -0.05) is 53.2 Å². The van der Waals surface area contributed by atoms with Crippen molar-refractivity contribution in [1.82, 2.24) is 15.3 Å². The number of aromatic hydroxyl groups is 1. The van der Waals surface area contributed by atoms with Crippen molar-refractivity contribution in [3.63, 3.8) is 0 Å². The molecule has 2 aromatic heterocycles. The van der Waals surface area contributed by atoms with Crippen molar-refractivity contribution >= 4 is 52.0 Å². The van der Waals surface area contributed by atoms with Crippen molar-refractivity contribution in [2.75, 3.05) is 0 Å². The van der Waals surface area contributed by atoms with E-state index in [1.54, 1.807) is 36.5 Å². The quantitative estimate of drug-likeness (QED) is 0.366. The van der Waals surface area contributed by atoms with Crippen LogP contribution < -0.4 is 10.1 Å². The summed E-state index contributed by atoms with van der Waals surface area (Å²) in [7, 11) is 0. The molecule has 2 N–H and O–H groups in total. The lowest BCUT2D eigenvalue weighted by atomic mass is 10.2. The number of nitrogens with one attached hydrogen (secondary N) is 1. The second-order valence-electron chi connectivity index (χ2n) is 6.41. The zero-order valence-electron chi connectivity index (χ0n) is 15.9. The standard InChI is InChI=1S/C22H15Cl2N3O3S/c23-14-9-13(10-15(24)11-14)12-26-22(29)30-20-19(28)18-17(7-4-8-25-18)21(27-20)31-16-5-2-1-3-6-16/h1-11,28H,12H2,(H,26,29). The Balaban J connectivity index is 1.58. The van der Waals surface area contributed by atoms with E-state index in [0.717, 1.165) is 4.90 Å². The molecule has 2 heterocycles. The van der Waals surface area contributed by atoms with E-state index in [1.807, 2.05) is 30.3 Å². The number of carbonyl (C=O) groups excluding carboxylic acids is 1. The molecular formula is C22H15Cl2N3O3S. The molecule has 0 saturated carbocycles. The smallest absolute Gasteiger partial charge is 0.414 e. The first kappa shape index (κ1) is 21.2. The summed E-state index contributed by atoms with van der Waals surface area (Å²) < 4.78 is 5.28. The number of hydrogen-bond donors (Lipinski definition) is 2. The summed E-state index contributed by atoms with van der Waals surface area (Å²) in [6.45, 7) is 0.136. The van der Waals surface area contributed by atoms with Crippen LogP contribution in [0, 0.1) is 0 Å². The third kappa shape index (κ3) is 5.19. The fourth-order valence-corrected chi connectivity index (χ4v) is 4.32. The maximum Gasteiger partial charge on any atom is 0.414 e. The normalized spacial score (nSPS) is 10.8. The van der Waals surface area contributed by atoms with Crippen LogP contribution in [-0.4, -0.2) is 21.2 Å². The molecule has 4 rings (SSSR count). The zero-order valence-corrected chi connectivity index (χ0v) is 18.2. The van der Waals surface area contributed by atoms with Gasteiger partial charge in [-0.05, 0) is 48.0 Å². The van der Waals surface area contributed by atoms with Gasteiger partial charge in [0, 0.05) is 33.1 Å². The van der Waals surface area contributed by atoms with Crippen LogP contribution in [0.3, 0.4) is 0 Å². The van der Waals surface area contributed by atoms with Crippen molar-refractivity contribution in [2.45, 2.75) is 16.5 Å². The second kappa shape index (κ2) is 9.43. The first-order valence-corrected chi connectivity index (χ1v) is 10.7. The number of ether oxygens (including phenoxy) is 1.